The summed E-state index contributed by atoms with van der Waals surface area (Å²) in [6.07, 6.45) is 1.03. The van der Waals surface area contributed by atoms with Gasteiger partial charge in [-0.3, -0.25) is 0 Å². The van der Waals surface area contributed by atoms with Gasteiger partial charge in [0.1, 0.15) is 5.75 Å². The Morgan fingerprint density at radius 3 is 3.11 bits per heavy atom. The van der Waals surface area contributed by atoms with E-state index in [-0.39, 0.29) is 0 Å². The normalized spacial score (nSPS) is 20.9. The van der Waals surface area contributed by atoms with Crippen LogP contribution in [0.15, 0.2) is 22.7 Å². The largest absolute Gasteiger partial charge is 0.497 e. The van der Waals surface area contributed by atoms with Gasteiger partial charge < -0.3 is 20.1 Å². The van der Waals surface area contributed by atoms with Gasteiger partial charge in [-0.05, 0) is 41.4 Å². The molecule has 2 rings (SSSR count). The number of anilines is 1. The lowest BCUT2D eigenvalue weighted by Crippen LogP contribution is -2.43. The molecule has 2 unspecified atom stereocenters. The fourth-order valence-electron chi connectivity index (χ4n) is 2.26. The predicted molar refractivity (Wildman–Crippen MR) is 81.0 cm³/mol. The SMILES string of the molecule is COc1ccc(Br)c(NC(C)CC2COCCN2)c1. The first-order valence-corrected chi connectivity index (χ1v) is 7.39. The molecule has 2 atom stereocenters. The van der Waals surface area contributed by atoms with Gasteiger partial charge in [0.2, 0.25) is 0 Å². The maximum absolute atomic E-state index is 5.47. The maximum atomic E-state index is 5.47. The van der Waals surface area contributed by atoms with E-state index in [9.17, 15) is 0 Å². The van der Waals surface area contributed by atoms with Crippen LogP contribution in [0.2, 0.25) is 0 Å². The molecular formula is C14H21BrN2O2. The molecule has 1 aliphatic heterocycles. The minimum absolute atomic E-state index is 0.364. The number of nitrogens with one attached hydrogen (secondary N) is 2. The molecule has 1 heterocycles. The number of halogens is 1. The molecular weight excluding hydrogens is 308 g/mol. The summed E-state index contributed by atoms with van der Waals surface area (Å²) in [6, 6.07) is 6.74. The second-order valence-corrected chi connectivity index (χ2v) is 5.71. The van der Waals surface area contributed by atoms with Gasteiger partial charge in [-0.2, -0.15) is 0 Å². The standard InChI is InChI=1S/C14H21BrN2O2/c1-10(7-11-9-19-6-5-16-11)17-14-8-12(18-2)3-4-13(14)15/h3-4,8,10-11,16-17H,5-7,9H2,1-2H3. The van der Waals surface area contributed by atoms with E-state index in [0.29, 0.717) is 12.1 Å². The smallest absolute Gasteiger partial charge is 0.121 e. The van der Waals surface area contributed by atoms with Gasteiger partial charge in [-0.15, -0.1) is 0 Å². The molecule has 0 aromatic heterocycles. The lowest BCUT2D eigenvalue weighted by molar-refractivity contribution is 0.0731. The highest BCUT2D eigenvalue weighted by Crippen LogP contribution is 2.28. The first-order chi connectivity index (χ1) is 9.19. The third-order valence-electron chi connectivity index (χ3n) is 3.21. The number of methoxy groups -OCH3 is 1. The third kappa shape index (κ3) is 4.37. The number of morpholine rings is 1. The molecule has 1 aromatic carbocycles. The molecule has 19 heavy (non-hydrogen) atoms. The molecule has 4 nitrogen and oxygen atoms in total. The molecule has 0 radical (unpaired) electrons. The van der Waals surface area contributed by atoms with Gasteiger partial charge in [0.05, 0.1) is 26.0 Å². The predicted octanol–water partition coefficient (Wildman–Crippen LogP) is 2.64. The topological polar surface area (TPSA) is 42.5 Å². The van der Waals surface area contributed by atoms with E-state index in [0.717, 1.165) is 42.1 Å². The highest BCUT2D eigenvalue weighted by atomic mass is 79.9. The van der Waals surface area contributed by atoms with E-state index >= 15 is 0 Å². The van der Waals surface area contributed by atoms with Crippen LogP contribution in [0.3, 0.4) is 0 Å². The summed E-state index contributed by atoms with van der Waals surface area (Å²) < 4.78 is 11.8. The summed E-state index contributed by atoms with van der Waals surface area (Å²) >= 11 is 3.55. The highest BCUT2D eigenvalue weighted by Gasteiger charge is 2.16. The van der Waals surface area contributed by atoms with Crippen LogP contribution in [0.4, 0.5) is 5.69 Å². The van der Waals surface area contributed by atoms with Crippen molar-refractivity contribution in [3.63, 3.8) is 0 Å². The van der Waals surface area contributed by atoms with Gasteiger partial charge in [-0.1, -0.05) is 0 Å². The lowest BCUT2D eigenvalue weighted by atomic mass is 10.1. The molecule has 1 aliphatic rings. The van der Waals surface area contributed by atoms with Crippen LogP contribution in [0.25, 0.3) is 0 Å². The van der Waals surface area contributed by atoms with Crippen molar-refractivity contribution in [2.24, 2.45) is 0 Å². The zero-order chi connectivity index (χ0) is 13.7. The monoisotopic (exact) mass is 328 g/mol. The van der Waals surface area contributed by atoms with Crippen LogP contribution in [-0.2, 0) is 4.74 Å². The van der Waals surface area contributed by atoms with Crippen LogP contribution < -0.4 is 15.4 Å². The molecule has 0 saturated carbocycles. The molecule has 0 amide bonds. The fourth-order valence-corrected chi connectivity index (χ4v) is 2.63. The second-order valence-electron chi connectivity index (χ2n) is 4.85. The van der Waals surface area contributed by atoms with Crippen molar-refractivity contribution >= 4 is 21.6 Å². The minimum Gasteiger partial charge on any atom is -0.497 e. The maximum Gasteiger partial charge on any atom is 0.121 e. The molecule has 0 aliphatic carbocycles. The Kier molecular flexibility index (Phi) is 5.48. The number of hydrogen-bond donors (Lipinski definition) is 2. The summed E-state index contributed by atoms with van der Waals surface area (Å²) in [5.41, 5.74) is 1.06. The quantitative estimate of drug-likeness (QED) is 0.872. The molecule has 1 saturated heterocycles. The summed E-state index contributed by atoms with van der Waals surface area (Å²) in [5, 5.41) is 6.98. The molecule has 0 spiro atoms. The van der Waals surface area contributed by atoms with Crippen molar-refractivity contribution in [1.82, 2.24) is 5.32 Å². The summed E-state index contributed by atoms with van der Waals surface area (Å²) in [4.78, 5) is 0. The van der Waals surface area contributed by atoms with E-state index in [1.165, 1.54) is 0 Å². The van der Waals surface area contributed by atoms with Gasteiger partial charge in [0.15, 0.2) is 0 Å². The van der Waals surface area contributed by atoms with E-state index in [1.54, 1.807) is 7.11 Å². The Labute approximate surface area is 123 Å². The van der Waals surface area contributed by atoms with Crippen molar-refractivity contribution in [2.45, 2.75) is 25.4 Å². The van der Waals surface area contributed by atoms with Crippen molar-refractivity contribution in [3.05, 3.63) is 22.7 Å². The molecule has 2 N–H and O–H groups in total. The number of rotatable bonds is 5. The summed E-state index contributed by atoms with van der Waals surface area (Å²) in [5.74, 6) is 0.858. The van der Waals surface area contributed by atoms with Crippen molar-refractivity contribution < 1.29 is 9.47 Å². The van der Waals surface area contributed by atoms with E-state index in [1.807, 2.05) is 18.2 Å². The van der Waals surface area contributed by atoms with Crippen molar-refractivity contribution in [2.75, 3.05) is 32.2 Å². The fraction of sp³-hybridized carbons (Fsp3) is 0.571. The zero-order valence-corrected chi connectivity index (χ0v) is 13.0. The van der Waals surface area contributed by atoms with Crippen molar-refractivity contribution in [1.29, 1.82) is 0 Å². The zero-order valence-electron chi connectivity index (χ0n) is 11.4. The summed E-state index contributed by atoms with van der Waals surface area (Å²) in [7, 11) is 1.68. The third-order valence-corrected chi connectivity index (χ3v) is 3.90. The first-order valence-electron chi connectivity index (χ1n) is 6.60. The van der Waals surface area contributed by atoms with Crippen molar-refractivity contribution in [3.8, 4) is 5.75 Å². The van der Waals surface area contributed by atoms with Crippen LogP contribution in [0.1, 0.15) is 13.3 Å². The van der Waals surface area contributed by atoms with E-state index in [2.05, 4.69) is 33.5 Å². The second kappa shape index (κ2) is 7.12. The Balaban J connectivity index is 1.92. The average molecular weight is 329 g/mol. The van der Waals surface area contributed by atoms with E-state index in [4.69, 9.17) is 9.47 Å². The lowest BCUT2D eigenvalue weighted by Gasteiger charge is -2.27. The average Bonchev–Trinajstić information content (AvgIpc) is 2.42. The molecule has 5 heteroatoms. The number of ether oxygens (including phenoxy) is 2. The highest BCUT2D eigenvalue weighted by molar-refractivity contribution is 9.10. The Morgan fingerprint density at radius 1 is 1.58 bits per heavy atom. The van der Waals surface area contributed by atoms with Gasteiger partial charge >= 0.3 is 0 Å². The van der Waals surface area contributed by atoms with Gasteiger partial charge in [-0.25, -0.2) is 0 Å². The number of benzene rings is 1. The Morgan fingerprint density at radius 2 is 2.42 bits per heavy atom. The Hall–Kier alpha value is -0.780. The molecule has 0 bridgehead atoms. The first kappa shape index (κ1) is 14.6. The Bertz CT molecular complexity index is 408. The van der Waals surface area contributed by atoms with Crippen LogP contribution >= 0.6 is 15.9 Å². The molecule has 106 valence electrons. The van der Waals surface area contributed by atoms with Crippen LogP contribution in [-0.4, -0.2) is 39.0 Å². The van der Waals surface area contributed by atoms with Gasteiger partial charge in [0.25, 0.3) is 0 Å². The molecule has 1 aromatic rings. The molecule has 1 fully saturated rings. The number of hydrogen-bond acceptors (Lipinski definition) is 4. The van der Waals surface area contributed by atoms with Crippen LogP contribution in [0.5, 0.6) is 5.75 Å². The minimum atomic E-state index is 0.364. The van der Waals surface area contributed by atoms with Gasteiger partial charge in [0, 0.05) is 29.2 Å². The van der Waals surface area contributed by atoms with Crippen LogP contribution in [0, 0.1) is 0 Å². The summed E-state index contributed by atoms with van der Waals surface area (Å²) in [6.45, 7) is 4.74. The van der Waals surface area contributed by atoms with E-state index < -0.39 is 0 Å².